The lowest BCUT2D eigenvalue weighted by atomic mass is 10.1. The van der Waals surface area contributed by atoms with E-state index < -0.39 is 11.3 Å². The number of hydrogen-bond acceptors (Lipinski definition) is 2. The van der Waals surface area contributed by atoms with Crippen molar-refractivity contribution in [3.05, 3.63) is 34.9 Å². The standard InChI is InChI=1S/C10H10Cl2O2/c1-2-14-10(13)9(12)7-3-5-8(11)6-4-7/h3-6,9H,2H2,1H3. The molecule has 1 rings (SSSR count). The predicted octanol–water partition coefficient (Wildman–Crippen LogP) is 3.18. The molecule has 0 aliphatic carbocycles. The second-order valence-corrected chi connectivity index (χ2v) is 3.54. The Bertz CT molecular complexity index is 308. The first kappa shape index (κ1) is 11.3. The van der Waals surface area contributed by atoms with Crippen LogP contribution in [0.5, 0.6) is 0 Å². The summed E-state index contributed by atoms with van der Waals surface area (Å²) in [5.74, 6) is -0.434. The minimum absolute atomic E-state index is 0.329. The van der Waals surface area contributed by atoms with E-state index in [9.17, 15) is 4.79 Å². The van der Waals surface area contributed by atoms with Crippen molar-refractivity contribution in [2.24, 2.45) is 0 Å². The van der Waals surface area contributed by atoms with E-state index in [4.69, 9.17) is 27.9 Å². The molecule has 0 saturated heterocycles. The Balaban J connectivity index is 2.73. The summed E-state index contributed by atoms with van der Waals surface area (Å²) in [5, 5.41) is -0.145. The van der Waals surface area contributed by atoms with Crippen LogP contribution in [-0.4, -0.2) is 12.6 Å². The number of hydrogen-bond donors (Lipinski definition) is 0. The summed E-state index contributed by atoms with van der Waals surface area (Å²) in [6.07, 6.45) is 0. The van der Waals surface area contributed by atoms with Gasteiger partial charge in [0, 0.05) is 5.02 Å². The average Bonchev–Trinajstić information content (AvgIpc) is 2.18. The molecule has 14 heavy (non-hydrogen) atoms. The lowest BCUT2D eigenvalue weighted by Gasteiger charge is -2.08. The smallest absolute Gasteiger partial charge is 0.328 e. The van der Waals surface area contributed by atoms with Crippen LogP contribution in [0.2, 0.25) is 5.02 Å². The summed E-state index contributed by atoms with van der Waals surface area (Å²) in [5.41, 5.74) is 0.689. The summed E-state index contributed by atoms with van der Waals surface area (Å²) in [6.45, 7) is 2.07. The van der Waals surface area contributed by atoms with E-state index in [-0.39, 0.29) is 0 Å². The molecule has 1 aromatic rings. The quantitative estimate of drug-likeness (QED) is 0.592. The maximum Gasteiger partial charge on any atom is 0.328 e. The van der Waals surface area contributed by atoms with E-state index >= 15 is 0 Å². The fraction of sp³-hybridized carbons (Fsp3) is 0.300. The number of carbonyl (C=O) groups is 1. The van der Waals surface area contributed by atoms with Crippen LogP contribution in [0, 0.1) is 0 Å². The number of halogens is 2. The second-order valence-electron chi connectivity index (χ2n) is 2.67. The zero-order valence-electron chi connectivity index (χ0n) is 7.67. The van der Waals surface area contributed by atoms with Crippen LogP contribution in [0.3, 0.4) is 0 Å². The van der Waals surface area contributed by atoms with Crippen molar-refractivity contribution >= 4 is 29.2 Å². The summed E-state index contributed by atoms with van der Waals surface area (Å²) in [6, 6.07) is 6.78. The fourth-order valence-corrected chi connectivity index (χ4v) is 1.32. The van der Waals surface area contributed by atoms with Crippen LogP contribution >= 0.6 is 23.2 Å². The van der Waals surface area contributed by atoms with Crippen LogP contribution in [0.4, 0.5) is 0 Å². The third kappa shape index (κ3) is 2.89. The van der Waals surface area contributed by atoms with Crippen LogP contribution in [-0.2, 0) is 9.53 Å². The third-order valence-electron chi connectivity index (χ3n) is 1.66. The Hall–Kier alpha value is -0.730. The fourth-order valence-electron chi connectivity index (χ4n) is 0.983. The van der Waals surface area contributed by atoms with Crippen molar-refractivity contribution in [3.8, 4) is 0 Å². The Morgan fingerprint density at radius 2 is 2.00 bits per heavy atom. The van der Waals surface area contributed by atoms with Crippen molar-refractivity contribution in [2.75, 3.05) is 6.61 Å². The average molecular weight is 233 g/mol. The number of rotatable bonds is 3. The van der Waals surface area contributed by atoms with Crippen LogP contribution in [0.25, 0.3) is 0 Å². The molecule has 0 saturated carbocycles. The summed E-state index contributed by atoms with van der Waals surface area (Å²) >= 11 is 11.6. The number of carbonyl (C=O) groups excluding carboxylic acids is 1. The molecule has 0 amide bonds. The molecule has 1 atom stereocenters. The largest absolute Gasteiger partial charge is 0.465 e. The molecule has 1 unspecified atom stereocenters. The summed E-state index contributed by atoms with van der Waals surface area (Å²) in [4.78, 5) is 11.2. The highest BCUT2D eigenvalue weighted by Gasteiger charge is 2.18. The van der Waals surface area contributed by atoms with Crippen LogP contribution < -0.4 is 0 Å². The van der Waals surface area contributed by atoms with E-state index in [2.05, 4.69) is 0 Å². The predicted molar refractivity (Wildman–Crippen MR) is 56.7 cm³/mol. The maximum atomic E-state index is 11.2. The first-order valence-electron chi connectivity index (χ1n) is 4.21. The van der Waals surface area contributed by atoms with Gasteiger partial charge in [0.25, 0.3) is 0 Å². The molecule has 0 aliphatic heterocycles. The highest BCUT2D eigenvalue weighted by Crippen LogP contribution is 2.23. The SMILES string of the molecule is CCOC(=O)C(Cl)c1ccc(Cl)cc1. The molecule has 1 aromatic carbocycles. The topological polar surface area (TPSA) is 26.3 Å². The molecule has 0 heterocycles. The van der Waals surface area contributed by atoms with E-state index in [0.29, 0.717) is 17.2 Å². The monoisotopic (exact) mass is 232 g/mol. The Morgan fingerprint density at radius 1 is 1.43 bits per heavy atom. The van der Waals surface area contributed by atoms with Crippen molar-refractivity contribution in [3.63, 3.8) is 0 Å². The van der Waals surface area contributed by atoms with Crippen LogP contribution in [0.1, 0.15) is 17.9 Å². The van der Waals surface area contributed by atoms with Gasteiger partial charge in [-0.3, -0.25) is 4.79 Å². The van der Waals surface area contributed by atoms with E-state index in [0.717, 1.165) is 0 Å². The molecule has 4 heteroatoms. The minimum Gasteiger partial charge on any atom is -0.465 e. The van der Waals surface area contributed by atoms with Crippen LogP contribution in [0.15, 0.2) is 24.3 Å². The van der Waals surface area contributed by atoms with E-state index in [1.165, 1.54) is 0 Å². The Morgan fingerprint density at radius 3 is 2.50 bits per heavy atom. The molecule has 0 aliphatic rings. The normalized spacial score (nSPS) is 12.2. The number of esters is 1. The highest BCUT2D eigenvalue weighted by molar-refractivity contribution is 6.31. The Kier molecular flexibility index (Phi) is 4.23. The molecule has 0 spiro atoms. The van der Waals surface area contributed by atoms with Gasteiger partial charge in [-0.2, -0.15) is 0 Å². The van der Waals surface area contributed by atoms with Gasteiger partial charge in [0.15, 0.2) is 5.38 Å². The molecule has 0 radical (unpaired) electrons. The molecular weight excluding hydrogens is 223 g/mol. The van der Waals surface area contributed by atoms with Gasteiger partial charge < -0.3 is 4.74 Å². The molecule has 76 valence electrons. The zero-order chi connectivity index (χ0) is 10.6. The van der Waals surface area contributed by atoms with Gasteiger partial charge in [-0.1, -0.05) is 23.7 Å². The van der Waals surface area contributed by atoms with Crippen molar-refractivity contribution in [2.45, 2.75) is 12.3 Å². The van der Waals surface area contributed by atoms with Crippen molar-refractivity contribution < 1.29 is 9.53 Å². The molecule has 0 fully saturated rings. The highest BCUT2D eigenvalue weighted by atomic mass is 35.5. The van der Waals surface area contributed by atoms with Gasteiger partial charge in [-0.25, -0.2) is 0 Å². The van der Waals surface area contributed by atoms with Gasteiger partial charge in [0.2, 0.25) is 0 Å². The first-order chi connectivity index (χ1) is 6.65. The third-order valence-corrected chi connectivity index (χ3v) is 2.34. The lowest BCUT2D eigenvalue weighted by Crippen LogP contribution is -2.10. The maximum absolute atomic E-state index is 11.2. The molecule has 0 aromatic heterocycles. The number of alkyl halides is 1. The number of ether oxygens (including phenoxy) is 1. The molecule has 0 bridgehead atoms. The summed E-state index contributed by atoms with van der Waals surface area (Å²) < 4.78 is 4.78. The van der Waals surface area contributed by atoms with Gasteiger partial charge in [0.1, 0.15) is 0 Å². The van der Waals surface area contributed by atoms with E-state index in [1.807, 2.05) is 0 Å². The zero-order valence-corrected chi connectivity index (χ0v) is 9.18. The Labute approximate surface area is 92.8 Å². The van der Waals surface area contributed by atoms with Gasteiger partial charge in [-0.15, -0.1) is 11.6 Å². The van der Waals surface area contributed by atoms with Crippen molar-refractivity contribution in [1.82, 2.24) is 0 Å². The van der Waals surface area contributed by atoms with Gasteiger partial charge in [0.05, 0.1) is 6.61 Å². The van der Waals surface area contributed by atoms with Crippen molar-refractivity contribution in [1.29, 1.82) is 0 Å². The van der Waals surface area contributed by atoms with Gasteiger partial charge >= 0.3 is 5.97 Å². The van der Waals surface area contributed by atoms with E-state index in [1.54, 1.807) is 31.2 Å². The molecular formula is C10H10Cl2O2. The lowest BCUT2D eigenvalue weighted by molar-refractivity contribution is -0.142. The second kappa shape index (κ2) is 5.23. The summed E-state index contributed by atoms with van der Waals surface area (Å²) in [7, 11) is 0. The minimum atomic E-state index is -0.757. The molecule has 0 N–H and O–H groups in total. The number of benzene rings is 1. The molecule has 2 nitrogen and oxygen atoms in total. The van der Waals surface area contributed by atoms with Gasteiger partial charge in [-0.05, 0) is 24.6 Å². The first-order valence-corrected chi connectivity index (χ1v) is 5.02.